The lowest BCUT2D eigenvalue weighted by molar-refractivity contribution is 0.420. The van der Waals surface area contributed by atoms with Crippen LogP contribution in [0.5, 0.6) is 0 Å². The first-order chi connectivity index (χ1) is 3.91. The van der Waals surface area contributed by atoms with Crippen molar-refractivity contribution in [1.29, 1.82) is 0 Å². The summed E-state index contributed by atoms with van der Waals surface area (Å²) in [7, 11) is 0. The van der Waals surface area contributed by atoms with Crippen LogP contribution >= 0.6 is 24.8 Å². The monoisotopic (exact) mass is 183 g/mol. The van der Waals surface area contributed by atoms with E-state index in [1.807, 2.05) is 0 Å². The predicted molar refractivity (Wildman–Crippen MR) is 41.1 cm³/mol. The quantitative estimate of drug-likeness (QED) is 0.352. The number of hydrogen-bond acceptors (Lipinski definition) is 2. The number of aromatic nitrogens is 1. The highest BCUT2D eigenvalue weighted by Gasteiger charge is 1.60. The second-order valence-electron chi connectivity index (χ2n) is 0.778. The summed E-state index contributed by atoms with van der Waals surface area (Å²) in [4.78, 5) is 1.50. The van der Waals surface area contributed by atoms with Gasteiger partial charge in [0.1, 0.15) is 6.26 Å². The topological polar surface area (TPSA) is 84.7 Å². The molecule has 0 aliphatic rings. The van der Waals surface area contributed by atoms with Gasteiger partial charge in [-0.15, -0.1) is 24.8 Å². The second kappa shape index (κ2) is 15.7. The van der Waals surface area contributed by atoms with Gasteiger partial charge in [0, 0.05) is 0 Å². The van der Waals surface area contributed by atoms with Gasteiger partial charge >= 0.3 is 0 Å². The van der Waals surface area contributed by atoms with E-state index in [-0.39, 0.29) is 24.8 Å². The summed E-state index contributed by atoms with van der Waals surface area (Å²) in [5.74, 6) is 0. The van der Waals surface area contributed by atoms with Gasteiger partial charge in [-0.2, -0.15) is 0 Å². The Kier molecular flexibility index (Phi) is 25.2. The van der Waals surface area contributed by atoms with Gasteiger partial charge in [-0.25, -0.2) is 0 Å². The van der Waals surface area contributed by atoms with Crippen LogP contribution < -0.4 is 0 Å². The molecule has 0 atom stereocenters. The third kappa shape index (κ3) is 15.7. The molecule has 0 amide bonds. The summed E-state index contributed by atoms with van der Waals surface area (Å²) < 4.78 is 4.33. The van der Waals surface area contributed by atoms with Crippen LogP contribution in [-0.2, 0) is 0 Å². The van der Waals surface area contributed by atoms with E-state index < -0.39 is 0 Å². The number of rotatable bonds is 0. The van der Waals surface area contributed by atoms with E-state index in [1.54, 1.807) is 12.3 Å². The van der Waals surface area contributed by atoms with Crippen molar-refractivity contribution in [2.45, 2.75) is 0 Å². The Morgan fingerprint density at radius 3 is 1.90 bits per heavy atom. The van der Waals surface area contributed by atoms with E-state index in [2.05, 4.69) is 9.68 Å². The molecule has 0 aromatic carbocycles. The zero-order chi connectivity index (χ0) is 6.24. The smallest absolute Gasteiger partial charge is 0.123 e. The van der Waals surface area contributed by atoms with Gasteiger partial charge in [0.05, 0.1) is 6.20 Å². The highest BCUT2D eigenvalue weighted by atomic mass is 35.5. The summed E-state index contributed by atoms with van der Waals surface area (Å²) in [5, 5.41) is 3.35. The molecule has 0 radical (unpaired) electrons. The molecule has 10 heavy (non-hydrogen) atoms. The second-order valence-corrected chi connectivity index (χ2v) is 0.778. The van der Waals surface area contributed by atoms with Crippen LogP contribution in [0.3, 0.4) is 0 Å². The normalized spacial score (nSPS) is 4.80. The molecule has 1 heterocycles. The number of nitrogens with zero attached hydrogens (tertiary/aromatic N) is 4. The fourth-order valence-electron chi connectivity index (χ4n) is 0.176. The van der Waals surface area contributed by atoms with Crippen LogP contribution in [0.1, 0.15) is 0 Å². The van der Waals surface area contributed by atoms with Gasteiger partial charge in [-0.3, -0.25) is 4.91 Å². The summed E-state index contributed by atoms with van der Waals surface area (Å²) >= 11 is 0. The number of hydrogen-bond donors (Lipinski definition) is 0. The highest BCUT2D eigenvalue weighted by Crippen LogP contribution is 1.72. The Morgan fingerprint density at radius 1 is 1.30 bits per heavy atom. The van der Waals surface area contributed by atoms with Crippen molar-refractivity contribution in [3.8, 4) is 0 Å². The Labute approximate surface area is 69.6 Å². The zero-order valence-corrected chi connectivity index (χ0v) is 6.38. The van der Waals surface area contributed by atoms with Gasteiger partial charge in [0.25, 0.3) is 0 Å². The molecule has 7 heteroatoms. The lowest BCUT2D eigenvalue weighted by Gasteiger charge is -1.48. The van der Waals surface area contributed by atoms with Crippen LogP contribution in [0.25, 0.3) is 16.0 Å². The third-order valence-corrected chi connectivity index (χ3v) is 0.347. The molecule has 0 saturated carbocycles. The van der Waals surface area contributed by atoms with Gasteiger partial charge in [-0.05, 0) is 6.07 Å². The molecule has 0 aliphatic heterocycles. The zero-order valence-electron chi connectivity index (χ0n) is 4.75. The molecule has 0 saturated heterocycles. The molecule has 0 spiro atoms. The highest BCUT2D eigenvalue weighted by molar-refractivity contribution is 5.85. The van der Waals surface area contributed by atoms with Crippen LogP contribution in [0, 0.1) is 0 Å². The molecule has 58 valence electrons. The van der Waals surface area contributed by atoms with Crippen molar-refractivity contribution in [3.63, 3.8) is 0 Å². The Hall–Kier alpha value is -0.900. The molecule has 0 aliphatic carbocycles. The van der Waals surface area contributed by atoms with Crippen molar-refractivity contribution in [1.82, 2.24) is 5.16 Å². The van der Waals surface area contributed by atoms with Gasteiger partial charge in [0.2, 0.25) is 0 Å². The van der Waals surface area contributed by atoms with Crippen LogP contribution in [0.15, 0.2) is 23.0 Å². The van der Waals surface area contributed by atoms with Crippen molar-refractivity contribution < 1.29 is 4.52 Å². The average Bonchev–Trinajstić information content (AvgIpc) is 2.17. The van der Waals surface area contributed by atoms with Gasteiger partial charge < -0.3 is 15.6 Å². The van der Waals surface area contributed by atoms with E-state index in [1.165, 1.54) is 11.2 Å². The van der Waals surface area contributed by atoms with Crippen LogP contribution in [0.2, 0.25) is 0 Å². The molecule has 0 N–H and O–H groups in total. The van der Waals surface area contributed by atoms with E-state index in [9.17, 15) is 0 Å². The van der Waals surface area contributed by atoms with Gasteiger partial charge in [-0.1, -0.05) is 5.16 Å². The molecular formula is C3H5Cl2N4O-. The summed E-state index contributed by atoms with van der Waals surface area (Å²) in [6, 6.07) is 1.72. The summed E-state index contributed by atoms with van der Waals surface area (Å²) in [6.45, 7) is 0. The average molecular weight is 184 g/mol. The minimum Gasteiger partial charge on any atom is -0.373 e. The molecular weight excluding hydrogens is 179 g/mol. The first-order valence-electron chi connectivity index (χ1n) is 1.74. The lowest BCUT2D eigenvalue weighted by atomic mass is 10.8. The first-order valence-corrected chi connectivity index (χ1v) is 1.74. The standard InChI is InChI=1S/C3H3NO.2ClH.N3/c1-2-4-5-3-1;;;1-3-2/h1-3H;2*1H;/q;;;-1. The molecule has 0 unspecified atom stereocenters. The Bertz CT molecular complexity index is 130. The van der Waals surface area contributed by atoms with Crippen LogP contribution in [-0.4, -0.2) is 5.16 Å². The lowest BCUT2D eigenvalue weighted by Crippen LogP contribution is -1.38. The molecule has 1 rings (SSSR count). The summed E-state index contributed by atoms with van der Waals surface area (Å²) in [5.41, 5.74) is 13.5. The SMILES string of the molecule is Cl.Cl.[N-]=[N+]=[N-].c1cnoc1. The van der Waals surface area contributed by atoms with E-state index in [0.29, 0.717) is 0 Å². The molecule has 1 aromatic heterocycles. The number of halogens is 2. The van der Waals surface area contributed by atoms with Crippen molar-refractivity contribution in [2.75, 3.05) is 0 Å². The van der Waals surface area contributed by atoms with Crippen LogP contribution in [0.4, 0.5) is 0 Å². The maximum absolute atomic E-state index is 6.75. The van der Waals surface area contributed by atoms with Crippen molar-refractivity contribution in [2.24, 2.45) is 0 Å². The minimum absolute atomic E-state index is 0. The molecule has 5 nitrogen and oxygen atoms in total. The van der Waals surface area contributed by atoms with Crippen molar-refractivity contribution in [3.05, 3.63) is 34.5 Å². The fourth-order valence-corrected chi connectivity index (χ4v) is 0.176. The van der Waals surface area contributed by atoms with E-state index in [4.69, 9.17) is 11.1 Å². The van der Waals surface area contributed by atoms with Crippen molar-refractivity contribution >= 4 is 24.8 Å². The predicted octanol–water partition coefficient (Wildman–Crippen LogP) is 2.38. The Morgan fingerprint density at radius 2 is 1.80 bits per heavy atom. The van der Waals surface area contributed by atoms with E-state index >= 15 is 0 Å². The van der Waals surface area contributed by atoms with Gasteiger partial charge in [0.15, 0.2) is 0 Å². The fraction of sp³-hybridized carbons (Fsp3) is 0. The Balaban J connectivity index is -0.0000000900. The molecule has 1 aromatic rings. The molecule has 0 fully saturated rings. The molecule has 0 bridgehead atoms. The third-order valence-electron chi connectivity index (χ3n) is 0.347. The first kappa shape index (κ1) is 16.0. The maximum Gasteiger partial charge on any atom is 0.123 e. The largest absolute Gasteiger partial charge is 0.373 e. The minimum atomic E-state index is 0. The van der Waals surface area contributed by atoms with E-state index in [0.717, 1.165) is 0 Å². The summed E-state index contributed by atoms with van der Waals surface area (Å²) in [6.07, 6.45) is 3.10. The maximum atomic E-state index is 6.75.